The van der Waals surface area contributed by atoms with Crippen molar-refractivity contribution in [2.24, 2.45) is 0 Å². The number of halogens is 2. The summed E-state index contributed by atoms with van der Waals surface area (Å²) in [4.78, 5) is 8.68. The van der Waals surface area contributed by atoms with Gasteiger partial charge in [0.15, 0.2) is 0 Å². The molecule has 21 heavy (non-hydrogen) atoms. The van der Waals surface area contributed by atoms with Crippen LogP contribution < -0.4 is 10.5 Å². The van der Waals surface area contributed by atoms with E-state index in [1.54, 1.807) is 6.92 Å². The first-order valence-corrected chi connectivity index (χ1v) is 6.84. The molecule has 4 nitrogen and oxygen atoms in total. The third-order valence-corrected chi connectivity index (χ3v) is 3.20. The molecule has 1 aromatic heterocycles. The molecule has 0 unspecified atom stereocenters. The highest BCUT2D eigenvalue weighted by molar-refractivity contribution is 6.30. The SMILES string of the molecule is Cc1c(N)nc(C(C)(C)C)nc1Oc1ccc(F)c(Cl)c1. The number of rotatable bonds is 2. The van der Waals surface area contributed by atoms with Crippen molar-refractivity contribution in [3.63, 3.8) is 0 Å². The van der Waals surface area contributed by atoms with Gasteiger partial charge in [-0.25, -0.2) is 9.37 Å². The van der Waals surface area contributed by atoms with E-state index in [1.807, 2.05) is 20.8 Å². The minimum absolute atomic E-state index is 0.0109. The summed E-state index contributed by atoms with van der Waals surface area (Å²) >= 11 is 5.74. The van der Waals surface area contributed by atoms with E-state index in [1.165, 1.54) is 18.2 Å². The van der Waals surface area contributed by atoms with Gasteiger partial charge in [-0.05, 0) is 19.1 Å². The average molecular weight is 310 g/mol. The van der Waals surface area contributed by atoms with Gasteiger partial charge in [0.25, 0.3) is 0 Å². The largest absolute Gasteiger partial charge is 0.438 e. The van der Waals surface area contributed by atoms with Gasteiger partial charge >= 0.3 is 0 Å². The van der Waals surface area contributed by atoms with E-state index in [4.69, 9.17) is 22.1 Å². The van der Waals surface area contributed by atoms with Crippen molar-refractivity contribution in [1.82, 2.24) is 9.97 Å². The molecule has 2 rings (SSSR count). The summed E-state index contributed by atoms with van der Waals surface area (Å²) in [5.74, 6) is 1.17. The number of ether oxygens (including phenoxy) is 1. The van der Waals surface area contributed by atoms with Crippen LogP contribution in [0.25, 0.3) is 0 Å². The Morgan fingerprint density at radius 3 is 2.48 bits per heavy atom. The molecule has 0 aliphatic carbocycles. The topological polar surface area (TPSA) is 61.0 Å². The van der Waals surface area contributed by atoms with Gasteiger partial charge < -0.3 is 10.5 Å². The van der Waals surface area contributed by atoms with Crippen molar-refractivity contribution < 1.29 is 9.13 Å². The molecule has 1 heterocycles. The second-order valence-electron chi connectivity index (χ2n) is 5.79. The molecule has 0 fully saturated rings. The molecule has 0 saturated carbocycles. The maximum Gasteiger partial charge on any atom is 0.227 e. The summed E-state index contributed by atoms with van der Waals surface area (Å²) in [6.07, 6.45) is 0. The van der Waals surface area contributed by atoms with Gasteiger partial charge in [-0.2, -0.15) is 4.98 Å². The Morgan fingerprint density at radius 1 is 1.24 bits per heavy atom. The summed E-state index contributed by atoms with van der Waals surface area (Å²) < 4.78 is 18.8. The molecule has 0 aliphatic rings. The number of hydrogen-bond donors (Lipinski definition) is 1. The fraction of sp³-hybridized carbons (Fsp3) is 0.333. The molecular formula is C15H17ClFN3O. The summed E-state index contributed by atoms with van der Waals surface area (Å²) in [7, 11) is 0. The van der Waals surface area contributed by atoms with Crippen LogP contribution in [0.5, 0.6) is 11.6 Å². The lowest BCUT2D eigenvalue weighted by Crippen LogP contribution is -2.18. The van der Waals surface area contributed by atoms with Crippen LogP contribution in [0.2, 0.25) is 5.02 Å². The van der Waals surface area contributed by atoms with Crippen LogP contribution in [0.3, 0.4) is 0 Å². The predicted octanol–water partition coefficient (Wildman–Crippen LogP) is 4.25. The Bertz CT molecular complexity index is 683. The molecule has 0 amide bonds. The second-order valence-corrected chi connectivity index (χ2v) is 6.20. The van der Waals surface area contributed by atoms with Crippen LogP contribution in [-0.2, 0) is 5.41 Å². The van der Waals surface area contributed by atoms with Gasteiger partial charge in [0.1, 0.15) is 23.2 Å². The third-order valence-electron chi connectivity index (χ3n) is 2.92. The minimum atomic E-state index is -0.502. The van der Waals surface area contributed by atoms with Gasteiger partial charge in [0, 0.05) is 11.5 Å². The molecule has 2 aromatic rings. The van der Waals surface area contributed by atoms with Crippen LogP contribution in [0.1, 0.15) is 32.2 Å². The third kappa shape index (κ3) is 3.42. The highest BCUT2D eigenvalue weighted by atomic mass is 35.5. The number of nitrogen functional groups attached to an aromatic ring is 1. The highest BCUT2D eigenvalue weighted by Crippen LogP contribution is 2.30. The Labute approximate surface area is 128 Å². The molecule has 0 aliphatic heterocycles. The van der Waals surface area contributed by atoms with Crippen molar-refractivity contribution in [2.75, 3.05) is 5.73 Å². The summed E-state index contributed by atoms with van der Waals surface area (Å²) in [5, 5.41) is -0.0109. The van der Waals surface area contributed by atoms with Crippen LogP contribution in [0.15, 0.2) is 18.2 Å². The lowest BCUT2D eigenvalue weighted by Gasteiger charge is -2.19. The molecule has 0 bridgehead atoms. The number of nitrogens with two attached hydrogens (primary N) is 1. The summed E-state index contributed by atoms with van der Waals surface area (Å²) in [5.41, 5.74) is 6.27. The van der Waals surface area contributed by atoms with Crippen molar-refractivity contribution >= 4 is 17.4 Å². The lowest BCUT2D eigenvalue weighted by molar-refractivity contribution is 0.441. The first-order valence-electron chi connectivity index (χ1n) is 6.46. The van der Waals surface area contributed by atoms with Crippen LogP contribution >= 0.6 is 11.6 Å². The Balaban J connectivity index is 2.43. The van der Waals surface area contributed by atoms with E-state index in [-0.39, 0.29) is 10.4 Å². The standard InChI is InChI=1S/C15H17ClFN3O/c1-8-12(18)19-14(15(2,3)4)20-13(8)21-9-5-6-11(17)10(16)7-9/h5-7H,1-4H3,(H2,18,19,20). The number of hydrogen-bond acceptors (Lipinski definition) is 4. The van der Waals surface area contributed by atoms with Gasteiger partial charge in [0.05, 0.1) is 10.6 Å². The van der Waals surface area contributed by atoms with Gasteiger partial charge in [-0.1, -0.05) is 32.4 Å². The zero-order valence-corrected chi connectivity index (χ0v) is 13.1. The summed E-state index contributed by atoms with van der Waals surface area (Å²) in [6.45, 7) is 7.71. The fourth-order valence-corrected chi connectivity index (χ4v) is 1.77. The lowest BCUT2D eigenvalue weighted by atomic mass is 9.95. The molecule has 0 saturated heterocycles. The predicted molar refractivity (Wildman–Crippen MR) is 81.4 cm³/mol. The first kappa shape index (κ1) is 15.5. The van der Waals surface area contributed by atoms with E-state index < -0.39 is 5.82 Å². The number of nitrogens with zero attached hydrogens (tertiary/aromatic N) is 2. The first-order chi connectivity index (χ1) is 9.68. The zero-order valence-electron chi connectivity index (χ0n) is 12.4. The van der Waals surface area contributed by atoms with Gasteiger partial charge in [-0.3, -0.25) is 0 Å². The van der Waals surface area contributed by atoms with Crippen molar-refractivity contribution in [3.8, 4) is 11.6 Å². The van der Waals surface area contributed by atoms with E-state index in [0.717, 1.165) is 0 Å². The van der Waals surface area contributed by atoms with Gasteiger partial charge in [0.2, 0.25) is 5.88 Å². The Kier molecular flexibility index (Phi) is 4.05. The second kappa shape index (κ2) is 5.48. The van der Waals surface area contributed by atoms with Crippen LogP contribution in [0, 0.1) is 12.7 Å². The van der Waals surface area contributed by atoms with E-state index >= 15 is 0 Å². The number of anilines is 1. The summed E-state index contributed by atoms with van der Waals surface area (Å²) in [6, 6.07) is 4.11. The normalized spacial score (nSPS) is 11.5. The van der Waals surface area contributed by atoms with E-state index in [0.29, 0.717) is 28.8 Å². The quantitative estimate of drug-likeness (QED) is 0.901. The molecular weight excluding hydrogens is 293 g/mol. The molecule has 2 N–H and O–H groups in total. The molecule has 112 valence electrons. The van der Waals surface area contributed by atoms with Crippen molar-refractivity contribution in [2.45, 2.75) is 33.1 Å². The minimum Gasteiger partial charge on any atom is -0.438 e. The zero-order chi connectivity index (χ0) is 15.8. The molecule has 1 aromatic carbocycles. The smallest absolute Gasteiger partial charge is 0.227 e. The van der Waals surface area contributed by atoms with Crippen LogP contribution in [-0.4, -0.2) is 9.97 Å². The highest BCUT2D eigenvalue weighted by Gasteiger charge is 2.21. The molecule has 6 heteroatoms. The maximum atomic E-state index is 13.2. The molecule has 0 radical (unpaired) electrons. The average Bonchev–Trinajstić information content (AvgIpc) is 2.38. The Hall–Kier alpha value is -1.88. The van der Waals surface area contributed by atoms with E-state index in [9.17, 15) is 4.39 Å². The van der Waals surface area contributed by atoms with Crippen molar-refractivity contribution in [3.05, 3.63) is 40.4 Å². The fourth-order valence-electron chi connectivity index (χ4n) is 1.60. The van der Waals surface area contributed by atoms with Gasteiger partial charge in [-0.15, -0.1) is 0 Å². The Morgan fingerprint density at radius 2 is 1.90 bits per heavy atom. The maximum absolute atomic E-state index is 13.2. The molecule has 0 atom stereocenters. The van der Waals surface area contributed by atoms with Crippen molar-refractivity contribution in [1.29, 1.82) is 0 Å². The monoisotopic (exact) mass is 309 g/mol. The number of benzene rings is 1. The van der Waals surface area contributed by atoms with E-state index in [2.05, 4.69) is 9.97 Å². The number of aromatic nitrogens is 2. The molecule has 0 spiro atoms. The van der Waals surface area contributed by atoms with Crippen LogP contribution in [0.4, 0.5) is 10.2 Å².